The maximum absolute atomic E-state index is 5.87. The van der Waals surface area contributed by atoms with Crippen LogP contribution in [-0.4, -0.2) is 34.0 Å². The van der Waals surface area contributed by atoms with E-state index in [1.165, 1.54) is 32.1 Å². The van der Waals surface area contributed by atoms with Crippen LogP contribution in [0.25, 0.3) is 0 Å². The van der Waals surface area contributed by atoms with Gasteiger partial charge in [0.2, 0.25) is 0 Å². The summed E-state index contributed by atoms with van der Waals surface area (Å²) in [4.78, 5) is 4.27. The lowest BCUT2D eigenvalue weighted by molar-refractivity contribution is 0.0301. The molecule has 0 spiro atoms. The number of nitrogens with one attached hydrogen (secondary N) is 1. The highest BCUT2D eigenvalue weighted by Crippen LogP contribution is 2.19. The molecule has 1 aromatic rings. The van der Waals surface area contributed by atoms with E-state index in [4.69, 9.17) is 4.74 Å². The number of hydrogen-bond donors (Lipinski definition) is 1. The van der Waals surface area contributed by atoms with Crippen molar-refractivity contribution in [2.45, 2.75) is 64.6 Å². The first-order valence-corrected chi connectivity index (χ1v) is 7.48. The highest BCUT2D eigenvalue weighted by molar-refractivity contribution is 4.85. The molecule has 0 atom stereocenters. The van der Waals surface area contributed by atoms with Crippen molar-refractivity contribution < 1.29 is 4.74 Å². The molecular weight excluding hydrogens is 240 g/mol. The van der Waals surface area contributed by atoms with Crippen LogP contribution in [0.1, 0.15) is 57.8 Å². The van der Waals surface area contributed by atoms with Crippen molar-refractivity contribution in [3.05, 3.63) is 12.2 Å². The molecule has 108 valence electrons. The quantitative estimate of drug-likeness (QED) is 0.769. The first-order chi connectivity index (χ1) is 9.27. The van der Waals surface area contributed by atoms with Gasteiger partial charge in [0.05, 0.1) is 19.3 Å². The Morgan fingerprint density at radius 1 is 1.37 bits per heavy atom. The van der Waals surface area contributed by atoms with E-state index >= 15 is 0 Å². The van der Waals surface area contributed by atoms with Crippen LogP contribution in [-0.2, 0) is 11.3 Å². The van der Waals surface area contributed by atoms with Crippen LogP contribution < -0.4 is 5.32 Å². The van der Waals surface area contributed by atoms with E-state index in [0.29, 0.717) is 12.1 Å². The second-order valence-corrected chi connectivity index (χ2v) is 5.52. The summed E-state index contributed by atoms with van der Waals surface area (Å²) in [5.41, 5.74) is 0. The Kier molecular flexibility index (Phi) is 5.79. The lowest BCUT2D eigenvalue weighted by Gasteiger charge is -2.22. The molecule has 1 heterocycles. The number of nitrogens with zero attached hydrogens (tertiary/aromatic N) is 3. The molecular formula is C14H26N4O. The zero-order chi connectivity index (χ0) is 13.5. The minimum atomic E-state index is 0.359. The van der Waals surface area contributed by atoms with Crippen molar-refractivity contribution in [3.8, 4) is 0 Å². The number of rotatable bonds is 7. The van der Waals surface area contributed by atoms with E-state index in [1.807, 2.05) is 4.68 Å². The summed E-state index contributed by atoms with van der Waals surface area (Å²) in [5, 5.41) is 7.60. The Hall–Kier alpha value is -0.940. The van der Waals surface area contributed by atoms with Crippen LogP contribution in [0.5, 0.6) is 0 Å². The highest BCUT2D eigenvalue weighted by atomic mass is 16.5. The van der Waals surface area contributed by atoms with Gasteiger partial charge >= 0.3 is 0 Å². The molecule has 0 amide bonds. The molecule has 0 aliphatic heterocycles. The second kappa shape index (κ2) is 7.60. The predicted molar refractivity (Wildman–Crippen MR) is 74.9 cm³/mol. The van der Waals surface area contributed by atoms with Gasteiger partial charge in [0.25, 0.3) is 0 Å². The average molecular weight is 266 g/mol. The van der Waals surface area contributed by atoms with Crippen LogP contribution in [0, 0.1) is 0 Å². The summed E-state index contributed by atoms with van der Waals surface area (Å²) in [7, 11) is 0. The highest BCUT2D eigenvalue weighted by Gasteiger charge is 2.13. The molecule has 2 rings (SSSR count). The number of ether oxygens (including phenoxy) is 1. The molecule has 5 heteroatoms. The molecule has 0 bridgehead atoms. The van der Waals surface area contributed by atoms with Gasteiger partial charge in [-0.2, -0.15) is 5.10 Å². The van der Waals surface area contributed by atoms with Crippen LogP contribution in [0.2, 0.25) is 0 Å². The van der Waals surface area contributed by atoms with Crippen LogP contribution in [0.4, 0.5) is 0 Å². The van der Waals surface area contributed by atoms with E-state index in [1.54, 1.807) is 6.33 Å². The molecule has 5 nitrogen and oxygen atoms in total. The molecule has 19 heavy (non-hydrogen) atoms. The van der Waals surface area contributed by atoms with E-state index in [0.717, 1.165) is 25.5 Å². The summed E-state index contributed by atoms with van der Waals surface area (Å²) in [6.07, 6.45) is 8.63. The SMILES string of the molecule is CC(C)n1ncnc1CNCCOC1CCCCC1. The average Bonchev–Trinajstić information content (AvgIpc) is 2.88. The standard InChI is InChI=1S/C14H26N4O/c1-12(2)18-14(16-11-17-18)10-15-8-9-19-13-6-4-3-5-7-13/h11-13,15H,3-10H2,1-2H3. The van der Waals surface area contributed by atoms with Crippen LogP contribution in [0.3, 0.4) is 0 Å². The van der Waals surface area contributed by atoms with Gasteiger partial charge in [-0.25, -0.2) is 9.67 Å². The van der Waals surface area contributed by atoms with Crippen molar-refractivity contribution in [3.63, 3.8) is 0 Å². The monoisotopic (exact) mass is 266 g/mol. The van der Waals surface area contributed by atoms with E-state index in [2.05, 4.69) is 29.2 Å². The summed E-state index contributed by atoms with van der Waals surface area (Å²) in [6, 6.07) is 0.359. The van der Waals surface area contributed by atoms with Gasteiger partial charge in [-0.1, -0.05) is 19.3 Å². The Bertz CT molecular complexity index is 358. The lowest BCUT2D eigenvalue weighted by Crippen LogP contribution is -2.25. The number of aromatic nitrogens is 3. The minimum Gasteiger partial charge on any atom is -0.377 e. The van der Waals surface area contributed by atoms with E-state index in [-0.39, 0.29) is 0 Å². The van der Waals surface area contributed by atoms with Crippen molar-refractivity contribution in [2.24, 2.45) is 0 Å². The fourth-order valence-corrected chi connectivity index (χ4v) is 2.56. The third-order valence-electron chi connectivity index (χ3n) is 3.60. The molecule has 1 fully saturated rings. The summed E-state index contributed by atoms with van der Waals surface area (Å²) < 4.78 is 7.83. The lowest BCUT2D eigenvalue weighted by atomic mass is 9.98. The van der Waals surface area contributed by atoms with Gasteiger partial charge in [0.15, 0.2) is 0 Å². The van der Waals surface area contributed by atoms with Crippen LogP contribution in [0.15, 0.2) is 6.33 Å². The molecule has 0 saturated heterocycles. The Morgan fingerprint density at radius 3 is 2.89 bits per heavy atom. The third kappa shape index (κ3) is 4.58. The smallest absolute Gasteiger partial charge is 0.141 e. The Labute approximate surface area is 115 Å². The summed E-state index contributed by atoms with van der Waals surface area (Å²) >= 11 is 0. The van der Waals surface area contributed by atoms with Crippen molar-refractivity contribution in [1.29, 1.82) is 0 Å². The first kappa shape index (κ1) is 14.5. The molecule has 1 aliphatic rings. The fraction of sp³-hybridized carbons (Fsp3) is 0.857. The van der Waals surface area contributed by atoms with E-state index in [9.17, 15) is 0 Å². The zero-order valence-electron chi connectivity index (χ0n) is 12.1. The zero-order valence-corrected chi connectivity index (χ0v) is 12.1. The molecule has 1 N–H and O–H groups in total. The van der Waals surface area contributed by atoms with Gasteiger partial charge < -0.3 is 10.1 Å². The first-order valence-electron chi connectivity index (χ1n) is 7.48. The minimum absolute atomic E-state index is 0.359. The predicted octanol–water partition coefficient (Wildman–Crippen LogP) is 2.30. The van der Waals surface area contributed by atoms with Gasteiger partial charge in [0, 0.05) is 12.6 Å². The molecule has 1 aliphatic carbocycles. The van der Waals surface area contributed by atoms with Crippen molar-refractivity contribution in [1.82, 2.24) is 20.1 Å². The van der Waals surface area contributed by atoms with E-state index < -0.39 is 0 Å². The normalized spacial score (nSPS) is 17.2. The molecule has 1 aromatic heterocycles. The fourth-order valence-electron chi connectivity index (χ4n) is 2.56. The maximum atomic E-state index is 5.87. The van der Waals surface area contributed by atoms with Crippen molar-refractivity contribution in [2.75, 3.05) is 13.2 Å². The van der Waals surface area contributed by atoms with Gasteiger partial charge in [0.1, 0.15) is 12.2 Å². The van der Waals surface area contributed by atoms with Gasteiger partial charge in [-0.15, -0.1) is 0 Å². The number of hydrogen-bond acceptors (Lipinski definition) is 4. The largest absolute Gasteiger partial charge is 0.377 e. The molecule has 0 radical (unpaired) electrons. The maximum Gasteiger partial charge on any atom is 0.141 e. The molecule has 1 saturated carbocycles. The van der Waals surface area contributed by atoms with Gasteiger partial charge in [-0.3, -0.25) is 0 Å². The third-order valence-corrected chi connectivity index (χ3v) is 3.60. The molecule has 0 unspecified atom stereocenters. The Morgan fingerprint density at radius 2 is 2.16 bits per heavy atom. The summed E-state index contributed by atoms with van der Waals surface area (Å²) in [5.74, 6) is 0.993. The topological polar surface area (TPSA) is 52.0 Å². The molecule has 0 aromatic carbocycles. The van der Waals surface area contributed by atoms with Gasteiger partial charge in [-0.05, 0) is 26.7 Å². The second-order valence-electron chi connectivity index (χ2n) is 5.52. The van der Waals surface area contributed by atoms with Crippen LogP contribution >= 0.6 is 0 Å². The van der Waals surface area contributed by atoms with Crippen molar-refractivity contribution >= 4 is 0 Å². The summed E-state index contributed by atoms with van der Waals surface area (Å²) in [6.45, 7) is 6.66. The Balaban J connectivity index is 1.59.